The highest BCUT2D eigenvalue weighted by molar-refractivity contribution is 5.68. The summed E-state index contributed by atoms with van der Waals surface area (Å²) in [6, 6.07) is 0. The van der Waals surface area contributed by atoms with Crippen LogP contribution in [0.1, 0.15) is 129 Å². The molecule has 0 fully saturated rings. The highest BCUT2D eigenvalue weighted by atomic mass is 16.7. The molecule has 0 heterocycles. The smallest absolute Gasteiger partial charge is 0.305 e. The first kappa shape index (κ1) is 28.4. The highest BCUT2D eigenvalue weighted by Crippen LogP contribution is 2.13. The van der Waals surface area contributed by atoms with Crippen LogP contribution in [0.5, 0.6) is 0 Å². The molecule has 0 aliphatic heterocycles. The van der Waals surface area contributed by atoms with Crippen LogP contribution in [0.2, 0.25) is 0 Å². The van der Waals surface area contributed by atoms with E-state index in [1.165, 1.54) is 84.2 Å². The monoisotopic (exact) mass is 414 g/mol. The molecule has 0 aromatic carbocycles. The summed E-state index contributed by atoms with van der Waals surface area (Å²) in [5.74, 6) is -0.130. The van der Waals surface area contributed by atoms with Crippen molar-refractivity contribution in [1.29, 1.82) is 0 Å². The molecule has 0 saturated carbocycles. The molecule has 0 N–H and O–H groups in total. The van der Waals surface area contributed by atoms with E-state index in [4.69, 9.17) is 14.2 Å². The van der Waals surface area contributed by atoms with Crippen molar-refractivity contribution in [2.24, 2.45) is 0 Å². The van der Waals surface area contributed by atoms with E-state index in [1.807, 2.05) is 0 Å². The van der Waals surface area contributed by atoms with Crippen LogP contribution < -0.4 is 0 Å². The molecule has 0 aliphatic carbocycles. The molecule has 4 heteroatoms. The first-order chi connectivity index (χ1) is 14.2. The molecule has 0 spiro atoms. The van der Waals surface area contributed by atoms with Gasteiger partial charge >= 0.3 is 5.97 Å². The van der Waals surface area contributed by atoms with Crippen LogP contribution >= 0.6 is 0 Å². The van der Waals surface area contributed by atoms with Gasteiger partial charge in [-0.1, -0.05) is 90.9 Å². The predicted octanol–water partition coefficient (Wildman–Crippen LogP) is 7.58. The van der Waals surface area contributed by atoms with Gasteiger partial charge in [0.05, 0.1) is 7.11 Å². The van der Waals surface area contributed by atoms with Gasteiger partial charge in [-0.15, -0.1) is 0 Å². The Kier molecular flexibility index (Phi) is 23.2. The lowest BCUT2D eigenvalue weighted by Gasteiger charge is -2.19. The van der Waals surface area contributed by atoms with Gasteiger partial charge in [-0.25, -0.2) is 0 Å². The molecule has 0 radical (unpaired) electrons. The maximum absolute atomic E-state index is 11.2. The van der Waals surface area contributed by atoms with Crippen molar-refractivity contribution >= 4 is 5.97 Å². The number of unbranched alkanes of at least 4 members (excludes halogenated alkanes) is 13. The second-order valence-electron chi connectivity index (χ2n) is 8.24. The van der Waals surface area contributed by atoms with Gasteiger partial charge in [0.25, 0.3) is 0 Å². The van der Waals surface area contributed by atoms with Crippen LogP contribution in [-0.4, -0.2) is 32.6 Å². The van der Waals surface area contributed by atoms with E-state index in [1.54, 1.807) is 0 Å². The molecule has 29 heavy (non-hydrogen) atoms. The molecule has 4 nitrogen and oxygen atoms in total. The Morgan fingerprint density at radius 2 is 1.07 bits per heavy atom. The minimum atomic E-state index is -0.130. The third-order valence-corrected chi connectivity index (χ3v) is 5.40. The standard InChI is InChI=1S/C25H50O4/c1-4-6-8-10-12-14-18-22-28-25(21-17-16-20-24(26)27-3)29-23-19-15-13-11-9-7-5-2/h25H,4-23H2,1-3H3. The van der Waals surface area contributed by atoms with Gasteiger partial charge in [0.2, 0.25) is 0 Å². The predicted molar refractivity (Wildman–Crippen MR) is 122 cm³/mol. The van der Waals surface area contributed by atoms with E-state index in [2.05, 4.69) is 13.8 Å². The maximum Gasteiger partial charge on any atom is 0.305 e. The van der Waals surface area contributed by atoms with Crippen molar-refractivity contribution in [2.45, 2.75) is 136 Å². The van der Waals surface area contributed by atoms with Gasteiger partial charge in [-0.05, 0) is 32.1 Å². The lowest BCUT2D eigenvalue weighted by atomic mass is 10.1. The van der Waals surface area contributed by atoms with Crippen LogP contribution in [0, 0.1) is 0 Å². The summed E-state index contributed by atoms with van der Waals surface area (Å²) in [5.41, 5.74) is 0. The van der Waals surface area contributed by atoms with E-state index in [9.17, 15) is 4.79 Å². The number of esters is 1. The Hall–Kier alpha value is -0.610. The van der Waals surface area contributed by atoms with Crippen molar-refractivity contribution in [3.63, 3.8) is 0 Å². The van der Waals surface area contributed by atoms with Gasteiger partial charge in [0.15, 0.2) is 6.29 Å². The summed E-state index contributed by atoms with van der Waals surface area (Å²) in [6.45, 7) is 6.08. The average molecular weight is 415 g/mol. The summed E-state index contributed by atoms with van der Waals surface area (Å²) < 4.78 is 16.8. The van der Waals surface area contributed by atoms with Gasteiger partial charge in [-0.2, -0.15) is 0 Å². The molecule has 0 unspecified atom stereocenters. The van der Waals surface area contributed by atoms with E-state index >= 15 is 0 Å². The summed E-state index contributed by atoms with van der Waals surface area (Å²) in [5, 5.41) is 0. The molecular weight excluding hydrogens is 364 g/mol. The Morgan fingerprint density at radius 1 is 0.621 bits per heavy atom. The number of ether oxygens (including phenoxy) is 3. The fourth-order valence-electron chi connectivity index (χ4n) is 3.45. The molecule has 0 saturated heterocycles. The van der Waals surface area contributed by atoms with Crippen LogP contribution in [0.3, 0.4) is 0 Å². The topological polar surface area (TPSA) is 44.8 Å². The normalized spacial score (nSPS) is 11.3. The zero-order valence-electron chi connectivity index (χ0n) is 19.9. The van der Waals surface area contributed by atoms with E-state index in [0.29, 0.717) is 6.42 Å². The minimum Gasteiger partial charge on any atom is -0.469 e. The number of rotatable bonds is 23. The number of carbonyl (C=O) groups is 1. The van der Waals surface area contributed by atoms with Crippen molar-refractivity contribution in [2.75, 3.05) is 20.3 Å². The van der Waals surface area contributed by atoms with Crippen molar-refractivity contribution < 1.29 is 19.0 Å². The molecular formula is C25H50O4. The molecule has 0 aromatic heterocycles. The Labute approximate surface area is 181 Å². The number of methoxy groups -OCH3 is 1. The Bertz CT molecular complexity index is 313. The average Bonchev–Trinajstić information content (AvgIpc) is 2.73. The van der Waals surface area contributed by atoms with Crippen molar-refractivity contribution in [3.05, 3.63) is 0 Å². The molecule has 0 aliphatic rings. The van der Waals surface area contributed by atoms with Crippen LogP contribution in [0.25, 0.3) is 0 Å². The zero-order chi connectivity index (χ0) is 21.4. The molecule has 0 rings (SSSR count). The Balaban J connectivity index is 3.86. The summed E-state index contributed by atoms with van der Waals surface area (Å²) in [7, 11) is 1.45. The first-order valence-corrected chi connectivity index (χ1v) is 12.5. The fourth-order valence-corrected chi connectivity index (χ4v) is 3.45. The third-order valence-electron chi connectivity index (χ3n) is 5.40. The quantitative estimate of drug-likeness (QED) is 0.0981. The van der Waals surface area contributed by atoms with Gasteiger partial charge in [0.1, 0.15) is 0 Å². The first-order valence-electron chi connectivity index (χ1n) is 12.5. The van der Waals surface area contributed by atoms with Crippen LogP contribution in [-0.2, 0) is 19.0 Å². The molecule has 0 atom stereocenters. The fraction of sp³-hybridized carbons (Fsp3) is 0.960. The number of hydrogen-bond donors (Lipinski definition) is 0. The maximum atomic E-state index is 11.2. The van der Waals surface area contributed by atoms with Crippen molar-refractivity contribution in [3.8, 4) is 0 Å². The lowest BCUT2D eigenvalue weighted by Crippen LogP contribution is -2.19. The summed E-state index contributed by atoms with van der Waals surface area (Å²) in [4.78, 5) is 11.2. The number of hydrogen-bond acceptors (Lipinski definition) is 4. The van der Waals surface area contributed by atoms with Gasteiger partial charge in [0, 0.05) is 19.6 Å². The largest absolute Gasteiger partial charge is 0.469 e. The Morgan fingerprint density at radius 3 is 1.52 bits per heavy atom. The van der Waals surface area contributed by atoms with E-state index in [0.717, 1.165) is 45.3 Å². The zero-order valence-corrected chi connectivity index (χ0v) is 19.9. The summed E-state index contributed by atoms with van der Waals surface area (Å²) in [6.07, 6.45) is 21.1. The third kappa shape index (κ3) is 21.9. The molecule has 174 valence electrons. The van der Waals surface area contributed by atoms with Crippen molar-refractivity contribution in [1.82, 2.24) is 0 Å². The SMILES string of the molecule is CCCCCCCCCOC(CCCCC(=O)OC)OCCCCCCCCC. The lowest BCUT2D eigenvalue weighted by molar-refractivity contribution is -0.149. The highest BCUT2D eigenvalue weighted by Gasteiger charge is 2.10. The second-order valence-corrected chi connectivity index (χ2v) is 8.24. The van der Waals surface area contributed by atoms with Crippen LogP contribution in [0.4, 0.5) is 0 Å². The van der Waals surface area contributed by atoms with E-state index in [-0.39, 0.29) is 12.3 Å². The van der Waals surface area contributed by atoms with Gasteiger partial charge < -0.3 is 14.2 Å². The molecule has 0 bridgehead atoms. The second kappa shape index (κ2) is 23.7. The molecule has 0 aromatic rings. The minimum absolute atomic E-state index is 0.118. The van der Waals surface area contributed by atoms with Gasteiger partial charge in [-0.3, -0.25) is 4.79 Å². The van der Waals surface area contributed by atoms with Crippen LogP contribution in [0.15, 0.2) is 0 Å². The molecule has 0 amide bonds. The number of carbonyl (C=O) groups excluding carboxylic acids is 1. The van der Waals surface area contributed by atoms with E-state index < -0.39 is 0 Å². The summed E-state index contributed by atoms with van der Waals surface area (Å²) >= 11 is 0.